The predicted octanol–water partition coefficient (Wildman–Crippen LogP) is 5.54. The van der Waals surface area contributed by atoms with Gasteiger partial charge in [-0.15, -0.1) is 11.3 Å². The van der Waals surface area contributed by atoms with Gasteiger partial charge in [-0.3, -0.25) is 0 Å². The van der Waals surface area contributed by atoms with Crippen LogP contribution in [0.25, 0.3) is 27.1 Å². The minimum atomic E-state index is 0.452. The Bertz CT molecular complexity index is 1270. The Morgan fingerprint density at radius 3 is 2.80 bits per heavy atom. The van der Waals surface area contributed by atoms with Crippen LogP contribution < -0.4 is 5.32 Å². The van der Waals surface area contributed by atoms with E-state index < -0.39 is 0 Å². The van der Waals surface area contributed by atoms with Gasteiger partial charge in [0.1, 0.15) is 11.2 Å². The molecule has 156 valence electrons. The zero-order valence-corrected chi connectivity index (χ0v) is 19.0. The second-order valence-electron chi connectivity index (χ2n) is 9.67. The number of piperidine rings is 1. The summed E-state index contributed by atoms with van der Waals surface area (Å²) in [6.07, 6.45) is 7.79. The molecule has 0 bridgehead atoms. The molecule has 5 heterocycles. The molecule has 1 unspecified atom stereocenters. The number of aromatic nitrogens is 4. The molecule has 4 aromatic rings. The third-order valence-electron chi connectivity index (χ3n) is 7.49. The van der Waals surface area contributed by atoms with E-state index in [-0.39, 0.29) is 0 Å². The summed E-state index contributed by atoms with van der Waals surface area (Å²) in [5, 5.41) is 9.39. The van der Waals surface area contributed by atoms with Crippen molar-refractivity contribution in [2.24, 2.45) is 5.41 Å². The number of rotatable bonds is 3. The van der Waals surface area contributed by atoms with Crippen molar-refractivity contribution in [1.82, 2.24) is 24.9 Å². The van der Waals surface area contributed by atoms with E-state index in [1.54, 1.807) is 11.2 Å². The Labute approximate surface area is 180 Å². The minimum absolute atomic E-state index is 0.452. The number of H-pyrrole nitrogens is 1. The average Bonchev–Trinajstić information content (AvgIpc) is 3.10. The highest BCUT2D eigenvalue weighted by Gasteiger charge is 2.55. The van der Waals surface area contributed by atoms with E-state index in [1.807, 2.05) is 15.9 Å². The summed E-state index contributed by atoms with van der Waals surface area (Å²) < 4.78 is 1.90. The maximum atomic E-state index is 4.38. The monoisotopic (exact) mass is 419 g/mol. The smallest absolute Gasteiger partial charge is 0.158 e. The van der Waals surface area contributed by atoms with Gasteiger partial charge in [-0.05, 0) is 86.2 Å². The molecule has 1 spiro atoms. The van der Waals surface area contributed by atoms with Gasteiger partial charge in [0.2, 0.25) is 0 Å². The molecule has 0 radical (unpaired) electrons. The Kier molecular flexibility index (Phi) is 3.97. The van der Waals surface area contributed by atoms with Gasteiger partial charge in [0.25, 0.3) is 0 Å². The van der Waals surface area contributed by atoms with E-state index in [2.05, 4.69) is 60.3 Å². The van der Waals surface area contributed by atoms with Crippen molar-refractivity contribution in [3.63, 3.8) is 0 Å². The van der Waals surface area contributed by atoms with Gasteiger partial charge >= 0.3 is 0 Å². The summed E-state index contributed by atoms with van der Waals surface area (Å²) >= 11 is 2.01. The van der Waals surface area contributed by atoms with Gasteiger partial charge < -0.3 is 10.3 Å². The zero-order chi connectivity index (χ0) is 20.6. The van der Waals surface area contributed by atoms with Crippen LogP contribution >= 0.6 is 11.3 Å². The Morgan fingerprint density at radius 2 is 2.03 bits per heavy atom. The number of aromatic amines is 1. The molecule has 2 N–H and O–H groups in total. The van der Waals surface area contributed by atoms with Crippen molar-refractivity contribution in [3.8, 4) is 11.3 Å². The van der Waals surface area contributed by atoms with Crippen LogP contribution in [0.2, 0.25) is 0 Å². The fourth-order valence-electron chi connectivity index (χ4n) is 5.81. The first-order chi connectivity index (χ1) is 14.5. The summed E-state index contributed by atoms with van der Waals surface area (Å²) in [6.45, 7) is 11.5. The van der Waals surface area contributed by atoms with E-state index in [1.165, 1.54) is 65.0 Å². The van der Waals surface area contributed by atoms with Crippen molar-refractivity contribution in [2.45, 2.75) is 58.8 Å². The van der Waals surface area contributed by atoms with Gasteiger partial charge in [-0.1, -0.05) is 13.8 Å². The molecular formula is C24H29N5S. The fraction of sp³-hybridized carbons (Fsp3) is 0.500. The van der Waals surface area contributed by atoms with Gasteiger partial charge in [-0.2, -0.15) is 5.10 Å². The fourth-order valence-corrected chi connectivity index (χ4v) is 7.28. The molecule has 1 atom stereocenters. The third-order valence-corrected chi connectivity index (χ3v) is 8.81. The predicted molar refractivity (Wildman–Crippen MR) is 124 cm³/mol. The highest BCUT2D eigenvalue weighted by Crippen LogP contribution is 2.66. The molecular weight excluding hydrogens is 390 g/mol. The van der Waals surface area contributed by atoms with E-state index in [9.17, 15) is 0 Å². The first-order valence-corrected chi connectivity index (χ1v) is 12.0. The minimum Gasteiger partial charge on any atom is -0.346 e. The van der Waals surface area contributed by atoms with Crippen LogP contribution in [0, 0.1) is 19.3 Å². The summed E-state index contributed by atoms with van der Waals surface area (Å²) in [7, 11) is 0. The van der Waals surface area contributed by atoms with Gasteiger partial charge in [-0.25, -0.2) is 9.50 Å². The lowest BCUT2D eigenvalue weighted by atomic mass is 9.90. The largest absolute Gasteiger partial charge is 0.346 e. The Hall–Kier alpha value is -2.18. The number of pyridine rings is 1. The van der Waals surface area contributed by atoms with Crippen molar-refractivity contribution in [3.05, 3.63) is 40.2 Å². The first-order valence-electron chi connectivity index (χ1n) is 11.1. The van der Waals surface area contributed by atoms with Crippen molar-refractivity contribution >= 4 is 27.2 Å². The Morgan fingerprint density at radius 1 is 1.23 bits per heavy atom. The summed E-state index contributed by atoms with van der Waals surface area (Å²) in [5.41, 5.74) is 8.06. The van der Waals surface area contributed by atoms with Crippen LogP contribution in [-0.4, -0.2) is 32.7 Å². The van der Waals surface area contributed by atoms with Gasteiger partial charge in [0.15, 0.2) is 5.65 Å². The van der Waals surface area contributed by atoms with Crippen molar-refractivity contribution < 1.29 is 0 Å². The molecule has 0 aromatic carbocycles. The van der Waals surface area contributed by atoms with Crippen LogP contribution in [0.5, 0.6) is 0 Å². The van der Waals surface area contributed by atoms with E-state index in [0.29, 0.717) is 11.3 Å². The number of fused-ring (bicyclic) bond motifs is 2. The van der Waals surface area contributed by atoms with Crippen LogP contribution in [-0.2, 0) is 0 Å². The molecule has 1 aliphatic heterocycles. The molecule has 0 amide bonds. The molecule has 6 rings (SSSR count). The van der Waals surface area contributed by atoms with E-state index >= 15 is 0 Å². The van der Waals surface area contributed by atoms with Crippen molar-refractivity contribution in [2.75, 3.05) is 13.1 Å². The highest BCUT2D eigenvalue weighted by molar-refractivity contribution is 7.19. The second-order valence-corrected chi connectivity index (χ2v) is 10.7. The lowest BCUT2D eigenvalue weighted by Gasteiger charge is -2.23. The third kappa shape index (κ3) is 2.56. The molecule has 2 fully saturated rings. The number of hydrogen-bond donors (Lipinski definition) is 2. The maximum absolute atomic E-state index is 4.38. The lowest BCUT2D eigenvalue weighted by molar-refractivity contribution is 0.343. The molecule has 2 aliphatic rings. The van der Waals surface area contributed by atoms with Crippen molar-refractivity contribution in [1.29, 1.82) is 0 Å². The number of aryl methyl sites for hydroxylation is 2. The van der Waals surface area contributed by atoms with E-state index in [4.69, 9.17) is 0 Å². The SMILES string of the molecule is Cc1c(C2CC23CCNCC3)sc2[nH]c(-c3cc(C)c4ncnn4c3)c(C(C)C)c12. The topological polar surface area (TPSA) is 58.0 Å². The number of nitrogens with zero attached hydrogens (tertiary/aromatic N) is 3. The molecule has 30 heavy (non-hydrogen) atoms. The quantitative estimate of drug-likeness (QED) is 0.459. The summed E-state index contributed by atoms with van der Waals surface area (Å²) in [4.78, 5) is 11.2. The van der Waals surface area contributed by atoms with Gasteiger partial charge in [0.05, 0.1) is 5.69 Å². The van der Waals surface area contributed by atoms with Gasteiger partial charge in [0, 0.05) is 22.0 Å². The molecule has 4 aromatic heterocycles. The molecule has 6 heteroatoms. The van der Waals surface area contributed by atoms with Crippen LogP contribution in [0.15, 0.2) is 18.6 Å². The molecule has 1 saturated carbocycles. The molecule has 1 aliphatic carbocycles. The zero-order valence-electron chi connectivity index (χ0n) is 18.2. The second kappa shape index (κ2) is 6.41. The first kappa shape index (κ1) is 18.6. The standard InChI is InChI=1S/C24H29N5S/c1-13(2)18-19-15(4)21(17-10-24(17)5-7-25-8-6-24)30-23(19)28-20(18)16-9-14(3)22-26-12-27-29(22)11-16/h9,11-13,17,25,28H,5-8,10H2,1-4H3. The average molecular weight is 420 g/mol. The maximum Gasteiger partial charge on any atom is 0.158 e. The van der Waals surface area contributed by atoms with Crippen LogP contribution in [0.3, 0.4) is 0 Å². The summed E-state index contributed by atoms with van der Waals surface area (Å²) in [6, 6.07) is 2.24. The molecule has 5 nitrogen and oxygen atoms in total. The number of nitrogens with one attached hydrogen (secondary N) is 2. The highest BCUT2D eigenvalue weighted by atomic mass is 32.1. The van der Waals surface area contributed by atoms with Crippen LogP contribution in [0.1, 0.15) is 66.5 Å². The Balaban J connectivity index is 1.49. The van der Waals surface area contributed by atoms with E-state index in [0.717, 1.165) is 17.1 Å². The molecule has 1 saturated heterocycles. The number of thiophene rings is 1. The lowest BCUT2D eigenvalue weighted by Crippen LogP contribution is -2.29. The number of hydrogen-bond acceptors (Lipinski definition) is 4. The van der Waals surface area contributed by atoms with Crippen LogP contribution in [0.4, 0.5) is 0 Å². The summed E-state index contributed by atoms with van der Waals surface area (Å²) in [5.74, 6) is 1.22. The normalized spacial score (nSPS) is 20.8.